The van der Waals surface area contributed by atoms with Crippen LogP contribution in [-0.4, -0.2) is 45.4 Å². The van der Waals surface area contributed by atoms with E-state index >= 15 is 0 Å². The highest BCUT2D eigenvalue weighted by molar-refractivity contribution is 7.98. The van der Waals surface area contributed by atoms with Gasteiger partial charge in [-0.1, -0.05) is 54.6 Å². The Morgan fingerprint density at radius 3 is 2.76 bits per heavy atom. The van der Waals surface area contributed by atoms with E-state index in [-0.39, 0.29) is 11.9 Å². The summed E-state index contributed by atoms with van der Waals surface area (Å²) < 4.78 is 0. The van der Waals surface area contributed by atoms with Crippen molar-refractivity contribution in [3.8, 4) is 0 Å². The van der Waals surface area contributed by atoms with E-state index < -0.39 is 0 Å². The van der Waals surface area contributed by atoms with Gasteiger partial charge in [0.05, 0.1) is 6.33 Å². The highest BCUT2D eigenvalue weighted by atomic mass is 32.2. The van der Waals surface area contributed by atoms with E-state index in [9.17, 15) is 4.79 Å². The maximum atomic E-state index is 14.1. The molecule has 1 N–H and O–H groups in total. The zero-order valence-electron chi connectivity index (χ0n) is 18.8. The van der Waals surface area contributed by atoms with Gasteiger partial charge in [0.1, 0.15) is 0 Å². The van der Waals surface area contributed by atoms with Gasteiger partial charge in [-0.2, -0.15) is 11.8 Å². The minimum Gasteiger partial charge on any atom is -0.347 e. The minimum absolute atomic E-state index is 0.0665. The van der Waals surface area contributed by atoms with E-state index in [2.05, 4.69) is 51.5 Å². The highest BCUT2D eigenvalue weighted by Gasteiger charge is 2.31. The number of anilines is 1. The Kier molecular flexibility index (Phi) is 6.46. The van der Waals surface area contributed by atoms with E-state index in [0.29, 0.717) is 6.54 Å². The third-order valence-electron chi connectivity index (χ3n) is 6.41. The van der Waals surface area contributed by atoms with Gasteiger partial charge in [-0.05, 0) is 46.9 Å². The molecular weight excluding hydrogens is 428 g/mol. The molecule has 4 aromatic rings. The molecule has 0 saturated heterocycles. The van der Waals surface area contributed by atoms with Crippen LogP contribution in [0, 0.1) is 0 Å². The average molecular weight is 457 g/mol. The zero-order valence-corrected chi connectivity index (χ0v) is 19.6. The number of para-hydroxylation sites is 1. The number of H-pyrrole nitrogens is 1. The van der Waals surface area contributed by atoms with E-state index in [1.54, 1.807) is 6.33 Å². The predicted molar refractivity (Wildman–Crippen MR) is 137 cm³/mol. The smallest absolute Gasteiger partial charge is 0.258 e. The molecule has 168 valence electrons. The van der Waals surface area contributed by atoms with Crippen molar-refractivity contribution in [1.29, 1.82) is 0 Å². The highest BCUT2D eigenvalue weighted by Crippen LogP contribution is 2.32. The number of rotatable bonds is 6. The molecule has 1 aliphatic heterocycles. The van der Waals surface area contributed by atoms with Crippen LogP contribution in [0.3, 0.4) is 0 Å². The number of benzene rings is 3. The van der Waals surface area contributed by atoms with Crippen LogP contribution in [0.2, 0.25) is 0 Å². The van der Waals surface area contributed by atoms with Crippen molar-refractivity contribution in [2.45, 2.75) is 25.6 Å². The van der Waals surface area contributed by atoms with Crippen LogP contribution >= 0.6 is 11.8 Å². The fraction of sp³-hybridized carbons (Fsp3) is 0.259. The molecule has 2 heterocycles. The van der Waals surface area contributed by atoms with Crippen molar-refractivity contribution in [2.24, 2.45) is 0 Å². The molecule has 1 aliphatic rings. The molecule has 1 unspecified atom stereocenters. The van der Waals surface area contributed by atoms with E-state index in [1.807, 2.05) is 59.3 Å². The average Bonchev–Trinajstić information content (AvgIpc) is 3.31. The lowest BCUT2D eigenvalue weighted by atomic mass is 10.0. The molecule has 0 fully saturated rings. The van der Waals surface area contributed by atoms with Crippen molar-refractivity contribution < 1.29 is 4.79 Å². The third-order valence-corrected chi connectivity index (χ3v) is 7.06. The van der Waals surface area contributed by atoms with Crippen molar-refractivity contribution in [2.75, 3.05) is 23.5 Å². The summed E-state index contributed by atoms with van der Waals surface area (Å²) in [5, 5.41) is 2.09. The van der Waals surface area contributed by atoms with Crippen molar-refractivity contribution in [3.63, 3.8) is 0 Å². The van der Waals surface area contributed by atoms with Crippen LogP contribution < -0.4 is 4.90 Å². The zero-order chi connectivity index (χ0) is 22.6. The second kappa shape index (κ2) is 9.81. The molecule has 6 heteroatoms. The van der Waals surface area contributed by atoms with E-state index in [0.717, 1.165) is 53.0 Å². The molecular formula is C27H28N4OS. The molecule has 0 saturated carbocycles. The Labute approximate surface area is 198 Å². The van der Waals surface area contributed by atoms with E-state index in [1.165, 1.54) is 5.56 Å². The number of nitrogens with zero attached hydrogens (tertiary/aromatic N) is 3. The van der Waals surface area contributed by atoms with Gasteiger partial charge in [0.15, 0.2) is 0 Å². The first kappa shape index (κ1) is 21.7. The fourth-order valence-corrected chi connectivity index (χ4v) is 5.24. The summed E-state index contributed by atoms with van der Waals surface area (Å²) in [5.41, 5.74) is 4.04. The molecule has 5 nitrogen and oxygen atoms in total. The number of aromatic nitrogens is 2. The SMILES string of the molecule is CSCCC1CN(C(=O)c2cccc3ccccc23)c2ccccc2CN1Cc1cnc[nH]1. The summed E-state index contributed by atoms with van der Waals surface area (Å²) in [7, 11) is 0. The first-order chi connectivity index (χ1) is 16.2. The Hall–Kier alpha value is -3.09. The largest absolute Gasteiger partial charge is 0.347 e. The Bertz CT molecular complexity index is 1230. The van der Waals surface area contributed by atoms with Gasteiger partial charge in [0, 0.05) is 48.8 Å². The topological polar surface area (TPSA) is 52.2 Å². The van der Waals surface area contributed by atoms with E-state index in [4.69, 9.17) is 0 Å². The van der Waals surface area contributed by atoms with Crippen LogP contribution in [0.4, 0.5) is 5.69 Å². The van der Waals surface area contributed by atoms with Gasteiger partial charge in [-0.25, -0.2) is 4.98 Å². The molecule has 1 amide bonds. The van der Waals surface area contributed by atoms with Crippen LogP contribution in [-0.2, 0) is 13.1 Å². The maximum Gasteiger partial charge on any atom is 0.258 e. The number of carbonyl (C=O) groups is 1. The number of aromatic amines is 1. The Morgan fingerprint density at radius 1 is 1.09 bits per heavy atom. The van der Waals surface area contributed by atoms with Crippen molar-refractivity contribution in [3.05, 3.63) is 96.1 Å². The van der Waals surface area contributed by atoms with Crippen molar-refractivity contribution >= 4 is 34.1 Å². The third kappa shape index (κ3) is 4.54. The van der Waals surface area contributed by atoms with Gasteiger partial charge < -0.3 is 9.88 Å². The maximum absolute atomic E-state index is 14.1. The standard InChI is InChI=1S/C27H28N4OS/c1-33-14-13-23-18-31(27(32)25-11-6-9-20-7-2-4-10-24(20)25)26-12-5-3-8-21(26)16-30(23)17-22-15-28-19-29-22/h2-12,15,19,23H,13-14,16-18H2,1H3,(H,28,29). The summed E-state index contributed by atoms with van der Waals surface area (Å²) in [6.45, 7) is 2.24. The second-order valence-corrected chi connectivity index (χ2v) is 9.47. The van der Waals surface area contributed by atoms with Gasteiger partial charge in [-0.15, -0.1) is 0 Å². The lowest BCUT2D eigenvalue weighted by Crippen LogP contribution is -2.43. The molecule has 1 aromatic heterocycles. The molecule has 5 rings (SSSR count). The summed E-state index contributed by atoms with van der Waals surface area (Å²) in [4.78, 5) is 26.0. The summed E-state index contributed by atoms with van der Waals surface area (Å²) in [6.07, 6.45) is 6.78. The van der Waals surface area contributed by atoms with Gasteiger partial charge in [0.2, 0.25) is 0 Å². The molecule has 3 aromatic carbocycles. The predicted octanol–water partition coefficient (Wildman–Crippen LogP) is 5.35. The molecule has 33 heavy (non-hydrogen) atoms. The monoisotopic (exact) mass is 456 g/mol. The first-order valence-corrected chi connectivity index (χ1v) is 12.7. The lowest BCUT2D eigenvalue weighted by molar-refractivity contribution is 0.0976. The van der Waals surface area contributed by atoms with Gasteiger partial charge >= 0.3 is 0 Å². The van der Waals surface area contributed by atoms with Crippen LogP contribution in [0.1, 0.15) is 28.0 Å². The minimum atomic E-state index is 0.0665. The van der Waals surface area contributed by atoms with Crippen molar-refractivity contribution in [1.82, 2.24) is 14.9 Å². The number of nitrogens with one attached hydrogen (secondary N) is 1. The molecule has 0 radical (unpaired) electrons. The van der Waals surface area contributed by atoms with Gasteiger partial charge in [0.25, 0.3) is 5.91 Å². The fourth-order valence-electron chi connectivity index (χ4n) is 4.73. The number of fused-ring (bicyclic) bond motifs is 2. The van der Waals surface area contributed by atoms with Crippen LogP contribution in [0.25, 0.3) is 10.8 Å². The summed E-state index contributed by atoms with van der Waals surface area (Å²) in [5.74, 6) is 1.12. The second-order valence-electron chi connectivity index (χ2n) is 8.49. The lowest BCUT2D eigenvalue weighted by Gasteiger charge is -2.31. The number of thioether (sulfide) groups is 1. The number of carbonyl (C=O) groups excluding carboxylic acids is 1. The molecule has 0 spiro atoms. The van der Waals surface area contributed by atoms with Gasteiger partial charge in [-0.3, -0.25) is 9.69 Å². The number of imidazole rings is 1. The number of hydrogen-bond acceptors (Lipinski definition) is 4. The Balaban J connectivity index is 1.55. The number of amides is 1. The quantitative estimate of drug-likeness (QED) is 0.425. The summed E-state index contributed by atoms with van der Waals surface area (Å²) >= 11 is 1.85. The molecule has 0 aliphatic carbocycles. The Morgan fingerprint density at radius 2 is 1.91 bits per heavy atom. The molecule has 1 atom stereocenters. The first-order valence-electron chi connectivity index (χ1n) is 11.3. The van der Waals surface area contributed by atoms with Crippen LogP contribution in [0.5, 0.6) is 0 Å². The number of hydrogen-bond donors (Lipinski definition) is 1. The molecule has 0 bridgehead atoms. The van der Waals surface area contributed by atoms with Crippen LogP contribution in [0.15, 0.2) is 79.3 Å². The summed E-state index contributed by atoms with van der Waals surface area (Å²) in [6, 6.07) is 22.7. The normalized spacial score (nSPS) is 16.5.